The highest BCUT2D eigenvalue weighted by molar-refractivity contribution is 6.46. The number of carbonyl (C=O) groups is 4. The molecule has 2 aromatic carbocycles. The number of allylic oxidation sites excluding steroid dienone is 2. The van der Waals surface area contributed by atoms with Gasteiger partial charge in [0.05, 0.1) is 10.0 Å². The molecule has 12 heteroatoms. The van der Waals surface area contributed by atoms with Gasteiger partial charge in [-0.05, 0) is 61.1 Å². The Hall–Kier alpha value is -3.04. The molecule has 0 fully saturated rings. The number of halogens is 4. The summed E-state index contributed by atoms with van der Waals surface area (Å²) in [5.41, 5.74) is 1.30. The maximum Gasteiger partial charge on any atom is 0.257 e. The van der Waals surface area contributed by atoms with Gasteiger partial charge in [-0.1, -0.05) is 86.3 Å². The Bertz CT molecular complexity index is 1300. The van der Waals surface area contributed by atoms with Crippen LogP contribution in [0.2, 0.25) is 20.1 Å². The Morgan fingerprint density at radius 2 is 0.977 bits per heavy atom. The predicted octanol–water partition coefficient (Wildman–Crippen LogP) is 7.85. The summed E-state index contributed by atoms with van der Waals surface area (Å²) in [6.07, 6.45) is 4.16. The van der Waals surface area contributed by atoms with Crippen molar-refractivity contribution in [1.29, 1.82) is 0 Å². The molecule has 0 atom stereocenters. The van der Waals surface area contributed by atoms with Crippen LogP contribution >= 0.6 is 46.4 Å². The number of hydrogen-bond donors (Lipinski definition) is 2. The van der Waals surface area contributed by atoms with E-state index in [-0.39, 0.29) is 79.3 Å². The third kappa shape index (κ3) is 10.8. The fourth-order valence-corrected chi connectivity index (χ4v) is 4.71. The number of hydrogen-bond acceptors (Lipinski definition) is 6. The number of rotatable bonds is 19. The van der Waals surface area contributed by atoms with Crippen molar-refractivity contribution in [2.24, 2.45) is 0 Å². The van der Waals surface area contributed by atoms with Crippen molar-refractivity contribution in [2.45, 2.75) is 52.4 Å². The number of unbranched alkanes of at least 4 members (excludes halogenated alkanes) is 3. The number of ketones is 2. The van der Waals surface area contributed by atoms with Crippen molar-refractivity contribution in [3.63, 3.8) is 0 Å². The van der Waals surface area contributed by atoms with E-state index in [2.05, 4.69) is 23.8 Å². The molecule has 0 bridgehead atoms. The monoisotopic (exact) mass is 684 g/mol. The molecule has 0 saturated heterocycles. The van der Waals surface area contributed by atoms with E-state index in [0.29, 0.717) is 37.1 Å². The van der Waals surface area contributed by atoms with Gasteiger partial charge in [-0.3, -0.25) is 19.2 Å². The summed E-state index contributed by atoms with van der Waals surface area (Å²) >= 11 is 24.9. The first-order chi connectivity index (χ1) is 20.9. The molecular formula is C32H36Cl4N2O6. The molecule has 0 aromatic heterocycles. The first-order valence-corrected chi connectivity index (χ1v) is 15.6. The molecule has 2 N–H and O–H groups in total. The van der Waals surface area contributed by atoms with Crippen LogP contribution < -0.4 is 20.1 Å². The van der Waals surface area contributed by atoms with E-state index in [4.69, 9.17) is 55.9 Å². The van der Waals surface area contributed by atoms with Gasteiger partial charge < -0.3 is 20.1 Å². The average Bonchev–Trinajstić information content (AvgIpc) is 3.02. The van der Waals surface area contributed by atoms with Gasteiger partial charge in [-0.25, -0.2) is 0 Å². The molecule has 2 rings (SSSR count). The molecule has 0 aliphatic carbocycles. The minimum Gasteiger partial charge on any atom is -0.482 e. The number of carbonyl (C=O) groups excluding carboxylic acids is 4. The Balaban J connectivity index is 1.61. The summed E-state index contributed by atoms with van der Waals surface area (Å²) in [5, 5.41) is 5.77. The van der Waals surface area contributed by atoms with Crippen molar-refractivity contribution in [1.82, 2.24) is 10.6 Å². The van der Waals surface area contributed by atoms with E-state index in [1.165, 1.54) is 24.3 Å². The zero-order chi connectivity index (χ0) is 32.8. The average molecular weight is 686 g/mol. The molecule has 238 valence electrons. The molecule has 0 unspecified atom stereocenters. The largest absolute Gasteiger partial charge is 0.482 e. The first kappa shape index (κ1) is 37.1. The van der Waals surface area contributed by atoms with Crippen molar-refractivity contribution in [3.05, 3.63) is 79.8 Å². The van der Waals surface area contributed by atoms with Crippen LogP contribution in [0.25, 0.3) is 0 Å². The molecular weight excluding hydrogens is 650 g/mol. The fourth-order valence-electron chi connectivity index (χ4n) is 3.79. The van der Waals surface area contributed by atoms with Crippen LogP contribution in [0.5, 0.6) is 11.5 Å². The summed E-state index contributed by atoms with van der Waals surface area (Å²) in [6.45, 7) is 11.5. The smallest absolute Gasteiger partial charge is 0.257 e. The SMILES string of the molecule is C=C(CC)C(=O)c1ccc(OCC(=O)NCCCCCCNC(=O)COc2ccc(C(=O)C(=C)CC)c(Cl)c2Cl)c(Cl)c1Cl. The Morgan fingerprint density at radius 1 is 0.614 bits per heavy atom. The van der Waals surface area contributed by atoms with Crippen molar-refractivity contribution < 1.29 is 28.7 Å². The van der Waals surface area contributed by atoms with E-state index < -0.39 is 0 Å². The van der Waals surface area contributed by atoms with Gasteiger partial charge in [-0.2, -0.15) is 0 Å². The summed E-state index contributed by atoms with van der Waals surface area (Å²) < 4.78 is 11.0. The third-order valence-electron chi connectivity index (χ3n) is 6.54. The molecule has 0 aliphatic rings. The number of amides is 2. The normalized spacial score (nSPS) is 10.6. The first-order valence-electron chi connectivity index (χ1n) is 14.1. The second kappa shape index (κ2) is 18.7. The fraction of sp³-hybridized carbons (Fsp3) is 0.375. The van der Waals surface area contributed by atoms with Gasteiger partial charge in [0.2, 0.25) is 0 Å². The zero-order valence-corrected chi connectivity index (χ0v) is 27.8. The van der Waals surface area contributed by atoms with Crippen molar-refractivity contribution >= 4 is 69.8 Å². The van der Waals surface area contributed by atoms with Crippen LogP contribution in [0.15, 0.2) is 48.6 Å². The lowest BCUT2D eigenvalue weighted by atomic mass is 10.0. The molecule has 0 aliphatic heterocycles. The zero-order valence-electron chi connectivity index (χ0n) is 24.8. The molecule has 0 radical (unpaired) electrons. The van der Waals surface area contributed by atoms with Gasteiger partial charge in [0.1, 0.15) is 21.5 Å². The highest BCUT2D eigenvalue weighted by Gasteiger charge is 2.20. The van der Waals surface area contributed by atoms with Crippen LogP contribution in [0.3, 0.4) is 0 Å². The van der Waals surface area contributed by atoms with Gasteiger partial charge >= 0.3 is 0 Å². The third-order valence-corrected chi connectivity index (χ3v) is 8.27. The Kier molecular flexibility index (Phi) is 15.8. The predicted molar refractivity (Wildman–Crippen MR) is 176 cm³/mol. The van der Waals surface area contributed by atoms with E-state index in [9.17, 15) is 19.2 Å². The van der Waals surface area contributed by atoms with E-state index in [1.54, 1.807) is 0 Å². The summed E-state index contributed by atoms with van der Waals surface area (Å²) in [4.78, 5) is 49.0. The van der Waals surface area contributed by atoms with E-state index in [1.807, 2.05) is 13.8 Å². The lowest BCUT2D eigenvalue weighted by Crippen LogP contribution is -2.30. The Morgan fingerprint density at radius 3 is 1.32 bits per heavy atom. The molecule has 2 aromatic rings. The number of Topliss-reactive ketones (excluding diaryl/α,β-unsaturated/α-hetero) is 2. The maximum atomic E-state index is 12.3. The quantitative estimate of drug-likeness (QED) is 0.0885. The second-order valence-electron chi connectivity index (χ2n) is 9.74. The highest BCUT2D eigenvalue weighted by atomic mass is 35.5. The van der Waals surface area contributed by atoms with E-state index in [0.717, 1.165) is 25.7 Å². The standard InChI is InChI=1S/C32H36Cl4N2O6/c1-5-19(3)31(41)21-11-13-23(29(35)27(21)33)43-17-25(39)37-15-9-7-8-10-16-38-26(40)18-44-24-14-12-22(28(34)30(24)36)32(42)20(4)6-2/h11-14H,3-10,15-18H2,1-2H3,(H,37,39)(H,38,40). The second-order valence-corrected chi connectivity index (χ2v) is 11.3. The van der Waals surface area contributed by atoms with Crippen LogP contribution in [0.1, 0.15) is 73.1 Å². The maximum absolute atomic E-state index is 12.3. The van der Waals surface area contributed by atoms with Crippen LogP contribution in [0, 0.1) is 0 Å². The molecule has 0 spiro atoms. The molecule has 44 heavy (non-hydrogen) atoms. The van der Waals surface area contributed by atoms with Gasteiger partial charge in [0.15, 0.2) is 24.8 Å². The number of benzene rings is 2. The van der Waals surface area contributed by atoms with Crippen LogP contribution in [0.4, 0.5) is 0 Å². The Labute approximate surface area is 278 Å². The van der Waals surface area contributed by atoms with Crippen molar-refractivity contribution in [3.8, 4) is 11.5 Å². The topological polar surface area (TPSA) is 111 Å². The summed E-state index contributed by atoms with van der Waals surface area (Å²) in [7, 11) is 0. The highest BCUT2D eigenvalue weighted by Crippen LogP contribution is 2.37. The number of nitrogens with one attached hydrogen (secondary N) is 2. The summed E-state index contributed by atoms with van der Waals surface area (Å²) in [6, 6.07) is 6.00. The van der Waals surface area contributed by atoms with Gasteiger partial charge in [0.25, 0.3) is 11.8 Å². The molecule has 8 nitrogen and oxygen atoms in total. The van der Waals surface area contributed by atoms with E-state index >= 15 is 0 Å². The molecule has 0 saturated carbocycles. The minimum absolute atomic E-state index is 0.0561. The minimum atomic E-state index is -0.321. The lowest BCUT2D eigenvalue weighted by molar-refractivity contribution is -0.123. The van der Waals surface area contributed by atoms with Crippen LogP contribution in [-0.4, -0.2) is 49.7 Å². The number of ether oxygens (including phenoxy) is 2. The van der Waals surface area contributed by atoms with Gasteiger partial charge in [-0.15, -0.1) is 0 Å². The van der Waals surface area contributed by atoms with Gasteiger partial charge in [0, 0.05) is 24.2 Å². The molecule has 0 heterocycles. The summed E-state index contributed by atoms with van der Waals surface area (Å²) in [5.74, 6) is -0.816. The van der Waals surface area contributed by atoms with Crippen LogP contribution in [-0.2, 0) is 9.59 Å². The molecule has 2 amide bonds. The lowest BCUT2D eigenvalue weighted by Gasteiger charge is -2.12. The van der Waals surface area contributed by atoms with Crippen molar-refractivity contribution in [2.75, 3.05) is 26.3 Å².